The van der Waals surface area contributed by atoms with Crippen LogP contribution in [-0.2, 0) is 9.59 Å². The molecule has 1 aromatic rings. The van der Waals surface area contributed by atoms with Crippen molar-refractivity contribution in [3.8, 4) is 0 Å². The molecule has 3 amide bonds. The largest absolute Gasteiger partial charge is 0.373 e. The lowest BCUT2D eigenvalue weighted by atomic mass is 10.1. The molecule has 0 radical (unpaired) electrons. The molecule has 1 aromatic carbocycles. The van der Waals surface area contributed by atoms with E-state index < -0.39 is 6.04 Å². The molecule has 1 atom stereocenters. The van der Waals surface area contributed by atoms with E-state index in [2.05, 4.69) is 16.0 Å². The van der Waals surface area contributed by atoms with E-state index >= 15 is 0 Å². The number of anilines is 1. The summed E-state index contributed by atoms with van der Waals surface area (Å²) in [5, 5.41) is 7.89. The zero-order chi connectivity index (χ0) is 14.0. The van der Waals surface area contributed by atoms with Crippen LogP contribution in [0.15, 0.2) is 18.2 Å². The van der Waals surface area contributed by atoms with Crippen molar-refractivity contribution in [3.63, 3.8) is 0 Å². The van der Waals surface area contributed by atoms with Crippen LogP contribution >= 0.6 is 11.6 Å². The molecule has 1 saturated heterocycles. The van der Waals surface area contributed by atoms with Crippen LogP contribution in [0.3, 0.4) is 0 Å². The van der Waals surface area contributed by atoms with E-state index in [0.717, 1.165) is 0 Å². The Bertz CT molecular complexity index is 559. The zero-order valence-corrected chi connectivity index (χ0v) is 10.9. The van der Waals surface area contributed by atoms with Crippen LogP contribution in [0.25, 0.3) is 0 Å². The van der Waals surface area contributed by atoms with Crippen molar-refractivity contribution in [1.29, 1.82) is 0 Å². The second-order valence-electron chi connectivity index (χ2n) is 4.09. The van der Waals surface area contributed by atoms with Crippen molar-refractivity contribution in [2.24, 2.45) is 0 Å². The standard InChI is InChI=1S/C12H12ClN3O3/c1-14-11(18)7-4-6(2-3-8(7)13)15-9-5-10(17)16-12(9)19/h2-4,9,15H,5H2,1H3,(H,14,18)(H,16,17,19). The van der Waals surface area contributed by atoms with Gasteiger partial charge < -0.3 is 10.6 Å². The second-order valence-corrected chi connectivity index (χ2v) is 4.49. The molecule has 2 rings (SSSR count). The fraction of sp³-hybridized carbons (Fsp3) is 0.250. The Kier molecular flexibility index (Phi) is 3.71. The van der Waals surface area contributed by atoms with Crippen molar-refractivity contribution in [1.82, 2.24) is 10.6 Å². The van der Waals surface area contributed by atoms with Gasteiger partial charge in [0.1, 0.15) is 6.04 Å². The number of carbonyl (C=O) groups is 3. The van der Waals surface area contributed by atoms with Gasteiger partial charge in [0, 0.05) is 12.7 Å². The van der Waals surface area contributed by atoms with Gasteiger partial charge >= 0.3 is 0 Å². The number of hydrogen-bond acceptors (Lipinski definition) is 4. The van der Waals surface area contributed by atoms with Gasteiger partial charge in [-0.05, 0) is 18.2 Å². The van der Waals surface area contributed by atoms with Crippen molar-refractivity contribution >= 4 is 35.0 Å². The first-order chi connectivity index (χ1) is 9.01. The number of benzene rings is 1. The van der Waals surface area contributed by atoms with Crippen LogP contribution in [0, 0.1) is 0 Å². The maximum Gasteiger partial charge on any atom is 0.252 e. The molecule has 1 aliphatic rings. The number of halogens is 1. The third kappa shape index (κ3) is 2.85. The van der Waals surface area contributed by atoms with Gasteiger partial charge in [0.25, 0.3) is 5.91 Å². The molecule has 0 aliphatic carbocycles. The number of rotatable bonds is 3. The zero-order valence-electron chi connectivity index (χ0n) is 10.1. The van der Waals surface area contributed by atoms with Crippen LogP contribution in [0.5, 0.6) is 0 Å². The molecule has 1 heterocycles. The van der Waals surface area contributed by atoms with Crippen molar-refractivity contribution in [2.75, 3.05) is 12.4 Å². The summed E-state index contributed by atoms with van der Waals surface area (Å²) in [6, 6.07) is 4.12. The molecule has 19 heavy (non-hydrogen) atoms. The molecule has 0 saturated carbocycles. The lowest BCUT2D eigenvalue weighted by molar-refractivity contribution is -0.124. The van der Waals surface area contributed by atoms with Crippen LogP contribution < -0.4 is 16.0 Å². The predicted molar refractivity (Wildman–Crippen MR) is 70.0 cm³/mol. The first-order valence-electron chi connectivity index (χ1n) is 5.63. The first kappa shape index (κ1) is 13.4. The monoisotopic (exact) mass is 281 g/mol. The summed E-state index contributed by atoms with van der Waals surface area (Å²) < 4.78 is 0. The van der Waals surface area contributed by atoms with Gasteiger partial charge in [0.15, 0.2) is 0 Å². The number of hydrogen-bond donors (Lipinski definition) is 3. The van der Waals surface area contributed by atoms with Crippen molar-refractivity contribution in [3.05, 3.63) is 28.8 Å². The molecule has 1 aliphatic heterocycles. The Balaban J connectivity index is 2.20. The Morgan fingerprint density at radius 2 is 2.16 bits per heavy atom. The first-order valence-corrected chi connectivity index (χ1v) is 6.01. The maximum atomic E-state index is 11.6. The fourth-order valence-electron chi connectivity index (χ4n) is 1.80. The molecule has 0 aromatic heterocycles. The van der Waals surface area contributed by atoms with E-state index in [1.165, 1.54) is 13.1 Å². The van der Waals surface area contributed by atoms with E-state index in [1.54, 1.807) is 12.1 Å². The molecular formula is C12H12ClN3O3. The summed E-state index contributed by atoms with van der Waals surface area (Å²) >= 11 is 5.92. The summed E-state index contributed by atoms with van der Waals surface area (Å²) in [5.41, 5.74) is 0.858. The van der Waals surface area contributed by atoms with Crippen LogP contribution in [0.2, 0.25) is 5.02 Å². The Morgan fingerprint density at radius 3 is 2.74 bits per heavy atom. The Hall–Kier alpha value is -2.08. The van der Waals surface area contributed by atoms with Crippen molar-refractivity contribution < 1.29 is 14.4 Å². The minimum Gasteiger partial charge on any atom is -0.373 e. The molecule has 0 spiro atoms. The summed E-state index contributed by atoms with van der Waals surface area (Å²) in [5.74, 6) is -1.01. The molecule has 6 nitrogen and oxygen atoms in total. The molecule has 0 bridgehead atoms. The van der Waals surface area contributed by atoms with Crippen LogP contribution in [0.1, 0.15) is 16.8 Å². The number of imide groups is 1. The molecule has 3 N–H and O–H groups in total. The highest BCUT2D eigenvalue weighted by Crippen LogP contribution is 2.22. The lowest BCUT2D eigenvalue weighted by Crippen LogP contribution is -2.30. The van der Waals surface area contributed by atoms with Gasteiger partial charge in [-0.15, -0.1) is 0 Å². The topological polar surface area (TPSA) is 87.3 Å². The SMILES string of the molecule is CNC(=O)c1cc(NC2CC(=O)NC2=O)ccc1Cl. The number of amides is 3. The van der Waals surface area contributed by atoms with Gasteiger partial charge in [-0.2, -0.15) is 0 Å². The number of carbonyl (C=O) groups excluding carboxylic acids is 3. The van der Waals surface area contributed by atoms with Crippen molar-refractivity contribution in [2.45, 2.75) is 12.5 Å². The smallest absolute Gasteiger partial charge is 0.252 e. The van der Waals surface area contributed by atoms with E-state index in [4.69, 9.17) is 11.6 Å². The number of nitrogens with one attached hydrogen (secondary N) is 3. The highest BCUT2D eigenvalue weighted by Gasteiger charge is 2.30. The van der Waals surface area contributed by atoms with Gasteiger partial charge in [-0.1, -0.05) is 11.6 Å². The highest BCUT2D eigenvalue weighted by molar-refractivity contribution is 6.34. The van der Waals surface area contributed by atoms with Gasteiger partial charge in [0.05, 0.1) is 17.0 Å². The average molecular weight is 282 g/mol. The molecular weight excluding hydrogens is 270 g/mol. The lowest BCUT2D eigenvalue weighted by Gasteiger charge is -2.12. The third-order valence-corrected chi connectivity index (χ3v) is 3.08. The molecule has 100 valence electrons. The quantitative estimate of drug-likeness (QED) is 0.705. The summed E-state index contributed by atoms with van der Waals surface area (Å²) in [7, 11) is 1.50. The molecule has 1 unspecified atom stereocenters. The van der Waals surface area contributed by atoms with Crippen LogP contribution in [0.4, 0.5) is 5.69 Å². The van der Waals surface area contributed by atoms with Gasteiger partial charge in [-0.3, -0.25) is 19.7 Å². The van der Waals surface area contributed by atoms with E-state index in [1.807, 2.05) is 0 Å². The molecule has 7 heteroatoms. The summed E-state index contributed by atoms with van der Waals surface area (Å²) in [6.45, 7) is 0. The Labute approximate surface area is 114 Å². The van der Waals surface area contributed by atoms with E-state index in [-0.39, 0.29) is 24.1 Å². The van der Waals surface area contributed by atoms with Gasteiger partial charge in [0.2, 0.25) is 11.8 Å². The summed E-state index contributed by atoms with van der Waals surface area (Å²) in [4.78, 5) is 34.1. The maximum absolute atomic E-state index is 11.6. The minimum atomic E-state index is -0.619. The van der Waals surface area contributed by atoms with E-state index in [0.29, 0.717) is 16.3 Å². The average Bonchev–Trinajstić information content (AvgIpc) is 2.69. The summed E-state index contributed by atoms with van der Waals surface area (Å²) in [6.07, 6.45) is 0.0801. The second kappa shape index (κ2) is 5.27. The molecule has 1 fully saturated rings. The van der Waals surface area contributed by atoms with Crippen LogP contribution in [-0.4, -0.2) is 30.8 Å². The van der Waals surface area contributed by atoms with E-state index in [9.17, 15) is 14.4 Å². The highest BCUT2D eigenvalue weighted by atomic mass is 35.5. The van der Waals surface area contributed by atoms with Gasteiger partial charge in [-0.25, -0.2) is 0 Å². The predicted octanol–water partition coefficient (Wildman–Crippen LogP) is 0.527. The fourth-order valence-corrected chi connectivity index (χ4v) is 2.00. The Morgan fingerprint density at radius 1 is 1.42 bits per heavy atom. The normalized spacial score (nSPS) is 18.1. The third-order valence-electron chi connectivity index (χ3n) is 2.75. The minimum absolute atomic E-state index is 0.0801.